The van der Waals surface area contributed by atoms with E-state index < -0.39 is 0 Å². The number of carbonyl (C=O) groups is 1. The van der Waals surface area contributed by atoms with Crippen molar-refractivity contribution >= 4 is 33.2 Å². The van der Waals surface area contributed by atoms with Gasteiger partial charge in [0, 0.05) is 10.2 Å². The van der Waals surface area contributed by atoms with Crippen LogP contribution in [0, 0.1) is 0 Å². The predicted molar refractivity (Wildman–Crippen MR) is 94.0 cm³/mol. The monoisotopic (exact) mass is 359 g/mol. The number of hydrogen-bond acceptors (Lipinski definition) is 3. The van der Waals surface area contributed by atoms with E-state index in [4.69, 9.17) is 0 Å². The first kappa shape index (κ1) is 16.2. The quantitative estimate of drug-likeness (QED) is 0.630. The molecule has 0 aliphatic rings. The van der Waals surface area contributed by atoms with Gasteiger partial charge in [-0.2, -0.15) is 5.10 Å². The Bertz CT molecular complexity index is 653. The van der Waals surface area contributed by atoms with Crippen molar-refractivity contribution in [3.05, 3.63) is 64.6 Å². The summed E-state index contributed by atoms with van der Waals surface area (Å²) in [7, 11) is 0. The maximum Gasteiger partial charge on any atom is 0.262 e. The first-order chi connectivity index (χ1) is 10.6. The third kappa shape index (κ3) is 4.70. The van der Waals surface area contributed by atoms with Crippen LogP contribution >= 0.6 is 15.9 Å². The van der Waals surface area contributed by atoms with Crippen molar-refractivity contribution in [3.8, 4) is 0 Å². The molecule has 114 valence electrons. The minimum Gasteiger partial charge on any atom is -0.374 e. The number of nitrogens with one attached hydrogen (secondary N) is 2. The van der Waals surface area contributed by atoms with E-state index in [1.807, 2.05) is 61.5 Å². The Kier molecular flexibility index (Phi) is 5.72. The Morgan fingerprint density at radius 2 is 1.73 bits per heavy atom. The third-order valence-electron chi connectivity index (χ3n) is 3.15. The second-order valence-corrected chi connectivity index (χ2v) is 5.83. The van der Waals surface area contributed by atoms with Gasteiger partial charge in [0.15, 0.2) is 0 Å². The van der Waals surface area contributed by atoms with Crippen LogP contribution < -0.4 is 10.7 Å². The van der Waals surface area contributed by atoms with Crippen molar-refractivity contribution in [2.75, 3.05) is 5.32 Å². The fourth-order valence-electron chi connectivity index (χ4n) is 1.84. The van der Waals surface area contributed by atoms with Gasteiger partial charge in [-0.05, 0) is 43.7 Å². The summed E-state index contributed by atoms with van der Waals surface area (Å²) in [5.41, 5.74) is 5.21. The highest BCUT2D eigenvalue weighted by molar-refractivity contribution is 9.10. The molecule has 0 bridgehead atoms. The SMILES string of the molecule is CC(=NNC(=O)[C@@H](C)Nc1ccccc1)c1ccc(Br)cc1. The molecule has 0 radical (unpaired) electrons. The van der Waals surface area contributed by atoms with Gasteiger partial charge in [-0.3, -0.25) is 4.79 Å². The summed E-state index contributed by atoms with van der Waals surface area (Å²) in [5.74, 6) is -0.180. The van der Waals surface area contributed by atoms with E-state index in [0.29, 0.717) is 0 Å². The zero-order valence-electron chi connectivity index (χ0n) is 12.5. The summed E-state index contributed by atoms with van der Waals surface area (Å²) in [5, 5.41) is 7.27. The molecular formula is C17H18BrN3O. The van der Waals surface area contributed by atoms with E-state index in [0.717, 1.165) is 21.4 Å². The van der Waals surface area contributed by atoms with Gasteiger partial charge >= 0.3 is 0 Å². The first-order valence-corrected chi connectivity index (χ1v) is 7.77. The number of amides is 1. The van der Waals surface area contributed by atoms with E-state index in [2.05, 4.69) is 31.8 Å². The number of benzene rings is 2. The Balaban J connectivity index is 1.93. The summed E-state index contributed by atoms with van der Waals surface area (Å²) in [4.78, 5) is 12.0. The van der Waals surface area contributed by atoms with Gasteiger partial charge in [0.2, 0.25) is 0 Å². The Labute approximate surface area is 138 Å². The maximum atomic E-state index is 12.0. The molecule has 0 unspecified atom stereocenters. The van der Waals surface area contributed by atoms with Gasteiger partial charge in [0.25, 0.3) is 5.91 Å². The van der Waals surface area contributed by atoms with Crippen molar-refractivity contribution in [3.63, 3.8) is 0 Å². The van der Waals surface area contributed by atoms with Crippen LogP contribution in [0.5, 0.6) is 0 Å². The first-order valence-electron chi connectivity index (χ1n) is 6.98. The highest BCUT2D eigenvalue weighted by Crippen LogP contribution is 2.11. The molecule has 22 heavy (non-hydrogen) atoms. The number of rotatable bonds is 5. The Morgan fingerprint density at radius 1 is 1.09 bits per heavy atom. The second kappa shape index (κ2) is 7.75. The molecule has 2 N–H and O–H groups in total. The van der Waals surface area contributed by atoms with Gasteiger partial charge in [-0.1, -0.05) is 46.3 Å². The van der Waals surface area contributed by atoms with Crippen LogP contribution in [0.1, 0.15) is 19.4 Å². The summed E-state index contributed by atoms with van der Waals surface area (Å²) in [6.45, 7) is 3.66. The lowest BCUT2D eigenvalue weighted by atomic mass is 10.1. The molecule has 0 fully saturated rings. The number of para-hydroxylation sites is 1. The normalized spacial score (nSPS) is 12.6. The summed E-state index contributed by atoms with van der Waals surface area (Å²) in [6, 6.07) is 17.0. The summed E-state index contributed by atoms with van der Waals surface area (Å²) < 4.78 is 1.01. The van der Waals surface area contributed by atoms with Crippen LogP contribution in [0.3, 0.4) is 0 Å². The Hall–Kier alpha value is -2.14. The van der Waals surface area contributed by atoms with Crippen molar-refractivity contribution in [1.29, 1.82) is 0 Å². The molecule has 0 heterocycles. The zero-order valence-corrected chi connectivity index (χ0v) is 14.1. The molecule has 0 spiro atoms. The summed E-state index contributed by atoms with van der Waals surface area (Å²) in [6.07, 6.45) is 0. The average molecular weight is 360 g/mol. The van der Waals surface area contributed by atoms with Crippen LogP contribution in [-0.4, -0.2) is 17.7 Å². The van der Waals surface area contributed by atoms with Crippen LogP contribution in [0.15, 0.2) is 64.2 Å². The fourth-order valence-corrected chi connectivity index (χ4v) is 2.11. The summed E-state index contributed by atoms with van der Waals surface area (Å²) >= 11 is 3.39. The smallest absolute Gasteiger partial charge is 0.262 e. The van der Waals surface area contributed by atoms with Gasteiger partial charge in [0.1, 0.15) is 6.04 Å². The third-order valence-corrected chi connectivity index (χ3v) is 3.67. The van der Waals surface area contributed by atoms with E-state index >= 15 is 0 Å². The van der Waals surface area contributed by atoms with Gasteiger partial charge in [-0.15, -0.1) is 0 Å². The van der Waals surface area contributed by atoms with Crippen molar-refractivity contribution in [2.45, 2.75) is 19.9 Å². The average Bonchev–Trinajstić information content (AvgIpc) is 2.53. The molecule has 0 aliphatic carbocycles. The van der Waals surface area contributed by atoms with Crippen molar-refractivity contribution < 1.29 is 4.79 Å². The predicted octanol–water partition coefficient (Wildman–Crippen LogP) is 3.79. The molecule has 1 amide bonds. The number of hydrazone groups is 1. The molecule has 0 saturated heterocycles. The van der Waals surface area contributed by atoms with Crippen LogP contribution in [0.2, 0.25) is 0 Å². The largest absolute Gasteiger partial charge is 0.374 e. The van der Waals surface area contributed by atoms with Gasteiger partial charge in [-0.25, -0.2) is 5.43 Å². The Morgan fingerprint density at radius 3 is 2.36 bits per heavy atom. The van der Waals surface area contributed by atoms with Crippen LogP contribution in [-0.2, 0) is 4.79 Å². The van der Waals surface area contributed by atoms with Crippen molar-refractivity contribution in [2.24, 2.45) is 5.10 Å². The number of anilines is 1. The molecule has 0 saturated carbocycles. The number of hydrogen-bond donors (Lipinski definition) is 2. The molecule has 0 aromatic heterocycles. The highest BCUT2D eigenvalue weighted by Gasteiger charge is 2.11. The number of halogens is 1. The van der Waals surface area contributed by atoms with E-state index in [1.54, 1.807) is 6.92 Å². The number of nitrogens with zero attached hydrogens (tertiary/aromatic N) is 1. The molecular weight excluding hydrogens is 342 g/mol. The molecule has 4 nitrogen and oxygen atoms in total. The molecule has 2 rings (SSSR count). The lowest BCUT2D eigenvalue weighted by Crippen LogP contribution is -2.35. The molecule has 2 aromatic rings. The van der Waals surface area contributed by atoms with Gasteiger partial charge in [0.05, 0.1) is 5.71 Å². The highest BCUT2D eigenvalue weighted by atomic mass is 79.9. The fraction of sp³-hybridized carbons (Fsp3) is 0.176. The number of carbonyl (C=O) groups excluding carboxylic acids is 1. The molecule has 1 atom stereocenters. The molecule has 2 aromatic carbocycles. The molecule has 0 aliphatic heterocycles. The zero-order chi connectivity index (χ0) is 15.9. The van der Waals surface area contributed by atoms with E-state index in [1.165, 1.54) is 0 Å². The standard InChI is InChI=1S/C17H18BrN3O/c1-12(14-8-10-15(18)11-9-14)20-21-17(22)13(2)19-16-6-4-3-5-7-16/h3-11,13,19H,1-2H3,(H,21,22)/t13-/m1/s1. The van der Waals surface area contributed by atoms with Crippen molar-refractivity contribution in [1.82, 2.24) is 5.43 Å². The second-order valence-electron chi connectivity index (χ2n) is 4.91. The topological polar surface area (TPSA) is 53.5 Å². The molecule has 5 heteroatoms. The minimum atomic E-state index is -0.371. The van der Waals surface area contributed by atoms with E-state index in [-0.39, 0.29) is 11.9 Å². The van der Waals surface area contributed by atoms with Crippen LogP contribution in [0.4, 0.5) is 5.69 Å². The maximum absolute atomic E-state index is 12.0. The van der Waals surface area contributed by atoms with Crippen LogP contribution in [0.25, 0.3) is 0 Å². The van der Waals surface area contributed by atoms with Gasteiger partial charge < -0.3 is 5.32 Å². The lowest BCUT2D eigenvalue weighted by Gasteiger charge is -2.13. The lowest BCUT2D eigenvalue weighted by molar-refractivity contribution is -0.121. The van der Waals surface area contributed by atoms with E-state index in [9.17, 15) is 4.79 Å². The minimum absolute atomic E-state index is 0.180.